The molecule has 0 radical (unpaired) electrons. The third-order valence-corrected chi connectivity index (χ3v) is 2.43. The highest BCUT2D eigenvalue weighted by Gasteiger charge is 2.22. The Balaban J connectivity index is 2.57. The molecule has 1 aliphatic heterocycles. The van der Waals surface area contributed by atoms with Gasteiger partial charge in [0.2, 0.25) is 5.91 Å². The minimum Gasteiger partial charge on any atom is -0.326 e. The number of hydrogen-bond donors (Lipinski definition) is 1. The molecule has 0 bridgehead atoms. The van der Waals surface area contributed by atoms with E-state index in [-0.39, 0.29) is 17.2 Å². The normalized spacial score (nSPS) is 13.6. The fourth-order valence-corrected chi connectivity index (χ4v) is 1.66. The number of nitrogens with zero attached hydrogens (tertiary/aromatic N) is 2. The standard InChI is InChI=1S/C10H7N3O3/c11-5-7-3-8-6(1-2-10(14)12-8)4-9(7)13(15)16/h3-4H,1-2H2,(H,12,14). The summed E-state index contributed by atoms with van der Waals surface area (Å²) in [5, 5.41) is 22.1. The van der Waals surface area contributed by atoms with Gasteiger partial charge in [-0.3, -0.25) is 14.9 Å². The average Bonchev–Trinajstić information content (AvgIpc) is 2.26. The smallest absolute Gasteiger partial charge is 0.287 e. The molecule has 6 heteroatoms. The second-order valence-electron chi connectivity index (χ2n) is 3.44. The Kier molecular flexibility index (Phi) is 2.29. The van der Waals surface area contributed by atoms with Gasteiger partial charge in [-0.25, -0.2) is 0 Å². The maximum absolute atomic E-state index is 11.1. The third kappa shape index (κ3) is 1.59. The molecule has 0 aromatic heterocycles. The number of hydrogen-bond acceptors (Lipinski definition) is 4. The maximum atomic E-state index is 11.1. The number of rotatable bonds is 1. The van der Waals surface area contributed by atoms with E-state index < -0.39 is 4.92 Å². The molecule has 80 valence electrons. The van der Waals surface area contributed by atoms with Crippen molar-refractivity contribution >= 4 is 17.3 Å². The Morgan fingerprint density at radius 2 is 2.19 bits per heavy atom. The maximum Gasteiger partial charge on any atom is 0.287 e. The Morgan fingerprint density at radius 3 is 2.81 bits per heavy atom. The van der Waals surface area contributed by atoms with Crippen LogP contribution in [0.2, 0.25) is 0 Å². The van der Waals surface area contributed by atoms with Crippen molar-refractivity contribution < 1.29 is 9.72 Å². The van der Waals surface area contributed by atoms with Crippen molar-refractivity contribution in [2.45, 2.75) is 12.8 Å². The first-order valence-electron chi connectivity index (χ1n) is 4.63. The summed E-state index contributed by atoms with van der Waals surface area (Å²) in [5.74, 6) is -0.134. The van der Waals surface area contributed by atoms with E-state index in [1.807, 2.05) is 0 Å². The van der Waals surface area contributed by atoms with Crippen molar-refractivity contribution in [3.8, 4) is 6.07 Å². The molecule has 0 atom stereocenters. The van der Waals surface area contributed by atoms with E-state index in [0.717, 1.165) is 0 Å². The van der Waals surface area contributed by atoms with Gasteiger partial charge in [0.05, 0.1) is 4.92 Å². The lowest BCUT2D eigenvalue weighted by atomic mass is 10.00. The van der Waals surface area contributed by atoms with Gasteiger partial charge in [0.25, 0.3) is 5.69 Å². The Hall–Kier alpha value is -2.42. The van der Waals surface area contributed by atoms with Gasteiger partial charge in [0.15, 0.2) is 0 Å². The monoisotopic (exact) mass is 217 g/mol. The van der Waals surface area contributed by atoms with Crippen LogP contribution in [0.15, 0.2) is 12.1 Å². The summed E-state index contributed by atoms with van der Waals surface area (Å²) in [6.45, 7) is 0. The van der Waals surface area contributed by atoms with Gasteiger partial charge in [-0.1, -0.05) is 0 Å². The molecule has 0 saturated carbocycles. The Bertz CT molecular complexity index is 531. The highest BCUT2D eigenvalue weighted by atomic mass is 16.6. The van der Waals surface area contributed by atoms with Gasteiger partial charge in [-0.2, -0.15) is 5.26 Å². The number of aryl methyl sites for hydroxylation is 1. The number of nitro groups is 1. The predicted molar refractivity (Wildman–Crippen MR) is 54.8 cm³/mol. The molecule has 2 rings (SSSR count). The summed E-state index contributed by atoms with van der Waals surface area (Å²) >= 11 is 0. The third-order valence-electron chi connectivity index (χ3n) is 2.43. The molecular weight excluding hydrogens is 210 g/mol. The van der Waals surface area contributed by atoms with E-state index in [0.29, 0.717) is 24.1 Å². The van der Waals surface area contributed by atoms with Gasteiger partial charge < -0.3 is 5.32 Å². The lowest BCUT2D eigenvalue weighted by Gasteiger charge is -2.16. The van der Waals surface area contributed by atoms with Crippen LogP contribution in [0.4, 0.5) is 11.4 Å². The van der Waals surface area contributed by atoms with Gasteiger partial charge in [0, 0.05) is 18.2 Å². The van der Waals surface area contributed by atoms with Crippen LogP contribution in [-0.4, -0.2) is 10.8 Å². The zero-order valence-corrected chi connectivity index (χ0v) is 8.19. The Morgan fingerprint density at radius 1 is 1.44 bits per heavy atom. The Labute approximate surface area is 90.6 Å². The molecule has 1 aromatic rings. The zero-order valence-electron chi connectivity index (χ0n) is 8.19. The molecule has 0 unspecified atom stereocenters. The van der Waals surface area contributed by atoms with Crippen LogP contribution in [0.5, 0.6) is 0 Å². The van der Waals surface area contributed by atoms with E-state index in [4.69, 9.17) is 5.26 Å². The van der Waals surface area contributed by atoms with Crippen molar-refractivity contribution in [3.05, 3.63) is 33.4 Å². The van der Waals surface area contributed by atoms with Crippen LogP contribution < -0.4 is 5.32 Å². The highest BCUT2D eigenvalue weighted by Crippen LogP contribution is 2.29. The molecule has 1 aromatic carbocycles. The van der Waals surface area contributed by atoms with Gasteiger partial charge in [-0.05, 0) is 18.1 Å². The number of fused-ring (bicyclic) bond motifs is 1. The summed E-state index contributed by atoms with van der Waals surface area (Å²) in [4.78, 5) is 21.2. The molecule has 6 nitrogen and oxygen atoms in total. The van der Waals surface area contributed by atoms with E-state index in [9.17, 15) is 14.9 Å². The molecule has 0 fully saturated rings. The number of carbonyl (C=O) groups excluding carboxylic acids is 1. The quantitative estimate of drug-likeness (QED) is 0.567. The summed E-state index contributed by atoms with van der Waals surface area (Å²) in [6, 6.07) is 4.46. The fraction of sp³-hybridized carbons (Fsp3) is 0.200. The molecular formula is C10H7N3O3. The molecule has 1 aliphatic rings. The van der Waals surface area contributed by atoms with Crippen LogP contribution >= 0.6 is 0 Å². The number of nitrogens with one attached hydrogen (secondary N) is 1. The van der Waals surface area contributed by atoms with Crippen molar-refractivity contribution in [3.63, 3.8) is 0 Å². The van der Waals surface area contributed by atoms with Crippen LogP contribution in [0.3, 0.4) is 0 Å². The van der Waals surface area contributed by atoms with Crippen LogP contribution in [0.1, 0.15) is 17.5 Å². The van der Waals surface area contributed by atoms with Crippen molar-refractivity contribution in [1.82, 2.24) is 0 Å². The van der Waals surface area contributed by atoms with Crippen LogP contribution in [-0.2, 0) is 11.2 Å². The number of carbonyl (C=O) groups is 1. The lowest BCUT2D eigenvalue weighted by molar-refractivity contribution is -0.385. The van der Waals surface area contributed by atoms with E-state index in [1.54, 1.807) is 6.07 Å². The van der Waals surface area contributed by atoms with Gasteiger partial charge in [-0.15, -0.1) is 0 Å². The lowest BCUT2D eigenvalue weighted by Crippen LogP contribution is -2.19. The van der Waals surface area contributed by atoms with E-state index >= 15 is 0 Å². The number of benzene rings is 1. The number of amides is 1. The van der Waals surface area contributed by atoms with Crippen LogP contribution in [0, 0.1) is 21.4 Å². The van der Waals surface area contributed by atoms with E-state index in [1.165, 1.54) is 12.1 Å². The van der Waals surface area contributed by atoms with Gasteiger partial charge in [0.1, 0.15) is 11.6 Å². The largest absolute Gasteiger partial charge is 0.326 e. The topological polar surface area (TPSA) is 96.0 Å². The second-order valence-corrected chi connectivity index (χ2v) is 3.44. The van der Waals surface area contributed by atoms with Crippen molar-refractivity contribution in [2.24, 2.45) is 0 Å². The molecule has 0 spiro atoms. The van der Waals surface area contributed by atoms with E-state index in [2.05, 4.69) is 5.32 Å². The first-order chi connectivity index (χ1) is 7.61. The predicted octanol–water partition coefficient (Wildman–Crippen LogP) is 1.35. The zero-order chi connectivity index (χ0) is 11.7. The van der Waals surface area contributed by atoms with Crippen molar-refractivity contribution in [1.29, 1.82) is 5.26 Å². The first kappa shape index (κ1) is 10.1. The van der Waals surface area contributed by atoms with Crippen LogP contribution in [0.25, 0.3) is 0 Å². The number of nitriles is 1. The molecule has 0 aliphatic carbocycles. The molecule has 16 heavy (non-hydrogen) atoms. The molecule has 1 amide bonds. The highest BCUT2D eigenvalue weighted by molar-refractivity contribution is 5.94. The SMILES string of the molecule is N#Cc1cc2c(cc1[N+](=O)[O-])CCC(=O)N2. The summed E-state index contributed by atoms with van der Waals surface area (Å²) in [5.41, 5.74) is 0.951. The van der Waals surface area contributed by atoms with Crippen molar-refractivity contribution in [2.75, 3.05) is 5.32 Å². The molecule has 1 N–H and O–H groups in total. The number of anilines is 1. The van der Waals surface area contributed by atoms with Gasteiger partial charge >= 0.3 is 0 Å². The summed E-state index contributed by atoms with van der Waals surface area (Å²) < 4.78 is 0. The molecule has 1 heterocycles. The fourth-order valence-electron chi connectivity index (χ4n) is 1.66. The minimum absolute atomic E-state index is 0.0362. The summed E-state index contributed by atoms with van der Waals surface area (Å²) in [6.07, 6.45) is 0.782. The average molecular weight is 217 g/mol. The second kappa shape index (κ2) is 3.62. The first-order valence-corrected chi connectivity index (χ1v) is 4.63. The molecule has 0 saturated heterocycles. The summed E-state index contributed by atoms with van der Waals surface area (Å²) in [7, 11) is 0. The number of nitro benzene ring substituents is 1. The minimum atomic E-state index is -0.588.